The molecular weight excluding hydrogens is 240 g/mol. The molecule has 2 heterocycles. The third kappa shape index (κ3) is 1.78. The van der Waals surface area contributed by atoms with Gasteiger partial charge in [-0.25, -0.2) is 0 Å². The monoisotopic (exact) mass is 256 g/mol. The summed E-state index contributed by atoms with van der Waals surface area (Å²) in [5.41, 5.74) is 9.58. The van der Waals surface area contributed by atoms with E-state index in [1.807, 2.05) is 37.1 Å². The number of hydrogen-bond donors (Lipinski definition) is 1. The molecule has 0 spiro atoms. The Morgan fingerprint density at radius 2 is 2.16 bits per heavy atom. The van der Waals surface area contributed by atoms with Crippen molar-refractivity contribution in [2.75, 3.05) is 12.3 Å². The van der Waals surface area contributed by atoms with Crippen molar-refractivity contribution < 1.29 is 4.79 Å². The Kier molecular flexibility index (Phi) is 2.55. The van der Waals surface area contributed by atoms with Gasteiger partial charge < -0.3 is 10.6 Å². The molecule has 3 rings (SSSR count). The summed E-state index contributed by atoms with van der Waals surface area (Å²) in [4.78, 5) is 13.9. The predicted molar refractivity (Wildman–Crippen MR) is 73.5 cm³/mol. The largest absolute Gasteiger partial charge is 0.382 e. The van der Waals surface area contributed by atoms with Gasteiger partial charge in [-0.05, 0) is 24.6 Å². The fraction of sp³-hybridized carbons (Fsp3) is 0.286. The summed E-state index contributed by atoms with van der Waals surface area (Å²) in [7, 11) is 1.86. The Labute approximate surface area is 111 Å². The number of aromatic nitrogens is 2. The second-order valence-corrected chi connectivity index (χ2v) is 4.77. The van der Waals surface area contributed by atoms with Crippen LogP contribution in [0.4, 0.5) is 5.82 Å². The first-order valence-electron chi connectivity index (χ1n) is 6.32. The molecule has 98 valence electrons. The number of fused-ring (bicyclic) bond motifs is 1. The summed E-state index contributed by atoms with van der Waals surface area (Å²) in [6, 6.07) is 7.74. The van der Waals surface area contributed by atoms with Gasteiger partial charge in [0.15, 0.2) is 0 Å². The number of benzene rings is 1. The lowest BCUT2D eigenvalue weighted by molar-refractivity contribution is 0.0787. The minimum atomic E-state index is 0.119. The number of nitrogens with two attached hydrogens (primary N) is 1. The van der Waals surface area contributed by atoms with Gasteiger partial charge in [-0.1, -0.05) is 6.07 Å². The summed E-state index contributed by atoms with van der Waals surface area (Å²) >= 11 is 0. The molecule has 0 fully saturated rings. The van der Waals surface area contributed by atoms with Gasteiger partial charge >= 0.3 is 0 Å². The van der Waals surface area contributed by atoms with Crippen molar-refractivity contribution in [3.63, 3.8) is 0 Å². The molecule has 1 aromatic carbocycles. The summed E-state index contributed by atoms with van der Waals surface area (Å²) in [5.74, 6) is 0.623. The maximum atomic E-state index is 12.0. The van der Waals surface area contributed by atoms with Gasteiger partial charge in [-0.2, -0.15) is 5.10 Å². The third-order valence-corrected chi connectivity index (χ3v) is 3.56. The molecule has 1 aromatic heterocycles. The molecule has 0 saturated carbocycles. The van der Waals surface area contributed by atoms with Crippen LogP contribution < -0.4 is 5.73 Å². The van der Waals surface area contributed by atoms with Crippen molar-refractivity contribution in [2.45, 2.75) is 13.5 Å². The Bertz CT molecular complexity index is 659. The van der Waals surface area contributed by atoms with E-state index in [1.165, 1.54) is 0 Å². The molecule has 0 aliphatic carbocycles. The van der Waals surface area contributed by atoms with Crippen LogP contribution in [0.15, 0.2) is 24.3 Å². The zero-order valence-corrected chi connectivity index (χ0v) is 11.1. The van der Waals surface area contributed by atoms with Crippen molar-refractivity contribution in [3.8, 4) is 11.3 Å². The number of hydrogen-bond acceptors (Lipinski definition) is 3. The van der Waals surface area contributed by atoms with Crippen molar-refractivity contribution in [3.05, 3.63) is 35.4 Å². The minimum absolute atomic E-state index is 0.119. The molecule has 1 aliphatic rings. The maximum Gasteiger partial charge on any atom is 0.254 e. The lowest BCUT2D eigenvalue weighted by atomic mass is 10.0. The molecule has 0 atom stereocenters. The normalized spacial score (nSPS) is 14.0. The van der Waals surface area contributed by atoms with Crippen LogP contribution in [0, 0.1) is 0 Å². The standard InChI is InChI=1S/C14H16N4O/c1-3-18-8-10-6-9(4-5-11(10)14(18)19)12-7-13(15)16-17(12)2/h4-7H,3,8H2,1-2H3,(H2,15,16). The van der Waals surface area contributed by atoms with E-state index in [4.69, 9.17) is 5.73 Å². The Morgan fingerprint density at radius 1 is 1.37 bits per heavy atom. The molecule has 5 nitrogen and oxygen atoms in total. The molecule has 2 N–H and O–H groups in total. The topological polar surface area (TPSA) is 64.2 Å². The van der Waals surface area contributed by atoms with Crippen LogP contribution in [0.1, 0.15) is 22.8 Å². The van der Waals surface area contributed by atoms with Crippen molar-refractivity contribution in [2.24, 2.45) is 7.05 Å². The average molecular weight is 256 g/mol. The third-order valence-electron chi connectivity index (χ3n) is 3.56. The zero-order valence-electron chi connectivity index (χ0n) is 11.1. The van der Waals surface area contributed by atoms with E-state index < -0.39 is 0 Å². The van der Waals surface area contributed by atoms with Gasteiger partial charge in [0.05, 0.1) is 5.69 Å². The van der Waals surface area contributed by atoms with Gasteiger partial charge in [-0.3, -0.25) is 9.48 Å². The molecule has 0 radical (unpaired) electrons. The summed E-state index contributed by atoms with van der Waals surface area (Å²) < 4.78 is 1.76. The summed E-state index contributed by atoms with van der Waals surface area (Å²) in [5, 5.41) is 4.14. The SMILES string of the molecule is CCN1Cc2cc(-c3cc(N)nn3C)ccc2C1=O. The van der Waals surface area contributed by atoms with Gasteiger partial charge in [0.1, 0.15) is 5.82 Å². The number of amides is 1. The highest BCUT2D eigenvalue weighted by atomic mass is 16.2. The number of carbonyl (C=O) groups excluding carboxylic acids is 1. The highest BCUT2D eigenvalue weighted by Crippen LogP contribution is 2.28. The van der Waals surface area contributed by atoms with E-state index in [0.29, 0.717) is 12.4 Å². The van der Waals surface area contributed by atoms with Crippen LogP contribution >= 0.6 is 0 Å². The van der Waals surface area contributed by atoms with Gasteiger partial charge in [0.2, 0.25) is 0 Å². The molecule has 1 aliphatic heterocycles. The smallest absolute Gasteiger partial charge is 0.254 e. The second kappa shape index (κ2) is 4.12. The van der Waals surface area contributed by atoms with Crippen LogP contribution in [0.25, 0.3) is 11.3 Å². The fourth-order valence-corrected chi connectivity index (χ4v) is 2.56. The maximum absolute atomic E-state index is 12.0. The highest BCUT2D eigenvalue weighted by Gasteiger charge is 2.26. The zero-order chi connectivity index (χ0) is 13.6. The molecular formula is C14H16N4O. The van der Waals surface area contributed by atoms with Crippen LogP contribution in [0.2, 0.25) is 0 Å². The Hall–Kier alpha value is -2.30. The predicted octanol–water partition coefficient (Wildman–Crippen LogP) is 1.65. The molecule has 0 saturated heterocycles. The molecule has 2 aromatic rings. The first-order valence-corrected chi connectivity index (χ1v) is 6.32. The quantitative estimate of drug-likeness (QED) is 0.888. The molecule has 0 unspecified atom stereocenters. The van der Waals surface area contributed by atoms with Crippen molar-refractivity contribution in [1.82, 2.24) is 14.7 Å². The molecule has 0 bridgehead atoms. The van der Waals surface area contributed by atoms with E-state index in [-0.39, 0.29) is 5.91 Å². The second-order valence-electron chi connectivity index (χ2n) is 4.77. The van der Waals surface area contributed by atoms with Crippen LogP contribution in [-0.4, -0.2) is 27.1 Å². The van der Waals surface area contributed by atoms with E-state index in [2.05, 4.69) is 11.2 Å². The minimum Gasteiger partial charge on any atom is -0.382 e. The van der Waals surface area contributed by atoms with Gasteiger partial charge in [-0.15, -0.1) is 0 Å². The highest BCUT2D eigenvalue weighted by molar-refractivity contribution is 5.98. The molecule has 1 amide bonds. The van der Waals surface area contributed by atoms with Gasteiger partial charge in [0, 0.05) is 37.3 Å². The van der Waals surface area contributed by atoms with Gasteiger partial charge in [0.25, 0.3) is 5.91 Å². The van der Waals surface area contributed by atoms with Crippen molar-refractivity contribution in [1.29, 1.82) is 0 Å². The number of anilines is 1. The first-order chi connectivity index (χ1) is 9.10. The number of carbonyl (C=O) groups is 1. The van der Waals surface area contributed by atoms with E-state index >= 15 is 0 Å². The lowest BCUT2D eigenvalue weighted by Gasteiger charge is -2.10. The van der Waals surface area contributed by atoms with E-state index in [9.17, 15) is 4.79 Å². The lowest BCUT2D eigenvalue weighted by Crippen LogP contribution is -2.22. The Balaban J connectivity index is 2.05. The molecule has 19 heavy (non-hydrogen) atoms. The number of aryl methyl sites for hydroxylation is 1. The Morgan fingerprint density at radius 3 is 2.79 bits per heavy atom. The summed E-state index contributed by atoms with van der Waals surface area (Å²) in [6.07, 6.45) is 0. The van der Waals surface area contributed by atoms with Crippen LogP contribution in [0.5, 0.6) is 0 Å². The van der Waals surface area contributed by atoms with E-state index in [0.717, 1.165) is 28.9 Å². The number of nitrogens with zero attached hydrogens (tertiary/aromatic N) is 3. The fourth-order valence-electron chi connectivity index (χ4n) is 2.56. The number of rotatable bonds is 2. The average Bonchev–Trinajstić information content (AvgIpc) is 2.89. The van der Waals surface area contributed by atoms with Crippen LogP contribution in [-0.2, 0) is 13.6 Å². The number of nitrogen functional groups attached to an aromatic ring is 1. The summed E-state index contributed by atoms with van der Waals surface area (Å²) in [6.45, 7) is 3.42. The molecule has 5 heteroatoms. The van der Waals surface area contributed by atoms with Crippen LogP contribution in [0.3, 0.4) is 0 Å². The van der Waals surface area contributed by atoms with E-state index in [1.54, 1.807) is 4.68 Å². The van der Waals surface area contributed by atoms with Crippen molar-refractivity contribution >= 4 is 11.7 Å². The first kappa shape index (κ1) is 11.8.